The maximum atomic E-state index is 13.6. The van der Waals surface area contributed by atoms with Crippen LogP contribution >= 0.6 is 11.6 Å². The number of aliphatic hydroxyl groups is 2. The minimum atomic E-state index is -1.68. The third-order valence-electron chi connectivity index (χ3n) is 9.74. The molecule has 0 saturated carbocycles. The van der Waals surface area contributed by atoms with Gasteiger partial charge in [-0.2, -0.15) is 0 Å². The highest BCUT2D eigenvalue weighted by Gasteiger charge is 2.53. The van der Waals surface area contributed by atoms with E-state index in [-0.39, 0.29) is 0 Å². The van der Waals surface area contributed by atoms with Crippen molar-refractivity contribution in [1.29, 1.82) is 0 Å². The minimum absolute atomic E-state index is 0.393. The lowest BCUT2D eigenvalue weighted by atomic mass is 9.61. The van der Waals surface area contributed by atoms with Crippen molar-refractivity contribution in [3.05, 3.63) is 190 Å². The molecule has 8 aromatic rings. The van der Waals surface area contributed by atoms with Gasteiger partial charge in [0.15, 0.2) is 0 Å². The van der Waals surface area contributed by atoms with Gasteiger partial charge in [0, 0.05) is 27.3 Å². The van der Waals surface area contributed by atoms with Crippen molar-refractivity contribution in [2.45, 2.75) is 11.2 Å². The molecule has 2 atom stereocenters. The van der Waals surface area contributed by atoms with E-state index in [2.05, 4.69) is 60.7 Å². The summed E-state index contributed by atoms with van der Waals surface area (Å²) in [4.78, 5) is 0. The first-order valence-electron chi connectivity index (χ1n) is 15.2. The minimum Gasteiger partial charge on any atom is -0.376 e. The molecule has 2 N–H and O–H groups in total. The first-order valence-corrected chi connectivity index (χ1v) is 15.5. The largest absolute Gasteiger partial charge is 0.376 e. The van der Waals surface area contributed by atoms with E-state index in [1.807, 2.05) is 91.0 Å². The predicted octanol–water partition coefficient (Wildman–Crippen LogP) is 9.83. The average molecular weight is 599 g/mol. The lowest BCUT2D eigenvalue weighted by Crippen LogP contribution is -2.44. The van der Waals surface area contributed by atoms with Crippen molar-refractivity contribution < 1.29 is 10.2 Å². The summed E-state index contributed by atoms with van der Waals surface area (Å²) in [6.45, 7) is 0. The Morgan fingerprint density at radius 3 is 1.18 bits per heavy atom. The van der Waals surface area contributed by atoms with Crippen molar-refractivity contribution in [2.24, 2.45) is 0 Å². The summed E-state index contributed by atoms with van der Waals surface area (Å²) in [5.74, 6) is 0. The molecule has 0 amide bonds. The van der Waals surface area contributed by atoms with Gasteiger partial charge < -0.3 is 10.2 Å². The van der Waals surface area contributed by atoms with Crippen LogP contribution in [0.4, 0.5) is 0 Å². The average Bonchev–Trinajstić information content (AvgIpc) is 3.08. The second kappa shape index (κ2) is 9.50. The first-order chi connectivity index (χ1) is 22.0. The summed E-state index contributed by atoms with van der Waals surface area (Å²) in [6, 6.07) is 50.4. The summed E-state index contributed by atoms with van der Waals surface area (Å²) in [6.07, 6.45) is 0. The van der Waals surface area contributed by atoms with E-state index < -0.39 is 11.2 Å². The molecule has 45 heavy (non-hydrogen) atoms. The van der Waals surface area contributed by atoms with E-state index in [1.54, 1.807) is 0 Å². The molecule has 1 aliphatic rings. The van der Waals surface area contributed by atoms with Gasteiger partial charge in [0.25, 0.3) is 0 Å². The number of hydrogen-bond donors (Lipinski definition) is 2. The quantitative estimate of drug-likeness (QED) is 0.194. The number of halogens is 1. The number of fused-ring (bicyclic) bond motifs is 6. The fourth-order valence-electron chi connectivity index (χ4n) is 7.92. The molecule has 2 unspecified atom stereocenters. The zero-order chi connectivity index (χ0) is 30.3. The van der Waals surface area contributed by atoms with Gasteiger partial charge in [-0.05, 0) is 72.4 Å². The monoisotopic (exact) mass is 598 g/mol. The molecule has 0 spiro atoms. The molecule has 214 valence electrons. The molecule has 9 rings (SSSR count). The SMILES string of the molecule is OC1(c2c3ccccc3cc3ccccc23)c2ccccc2C(O)(c2c3ccccc3cc3ccccc23)c2c(Cl)cccc21. The number of rotatable bonds is 2. The normalized spacial score (nSPS) is 19.2. The molecule has 0 fully saturated rings. The lowest BCUT2D eigenvalue weighted by molar-refractivity contribution is 0.0779. The Morgan fingerprint density at radius 2 is 0.711 bits per heavy atom. The topological polar surface area (TPSA) is 40.5 Å². The van der Waals surface area contributed by atoms with E-state index in [1.165, 1.54) is 0 Å². The third kappa shape index (κ3) is 3.47. The summed E-state index contributed by atoms with van der Waals surface area (Å²) >= 11 is 7.23. The molecule has 0 heterocycles. The maximum Gasteiger partial charge on any atom is 0.143 e. The zero-order valence-corrected chi connectivity index (χ0v) is 25.0. The predicted molar refractivity (Wildman–Crippen MR) is 185 cm³/mol. The van der Waals surface area contributed by atoms with Gasteiger partial charge in [-0.15, -0.1) is 0 Å². The van der Waals surface area contributed by atoms with E-state index >= 15 is 0 Å². The Balaban J connectivity index is 1.51. The molecule has 8 aromatic carbocycles. The summed E-state index contributed by atoms with van der Waals surface area (Å²) < 4.78 is 0. The second-order valence-electron chi connectivity index (χ2n) is 12.0. The van der Waals surface area contributed by atoms with Crippen molar-refractivity contribution in [3.8, 4) is 0 Å². The van der Waals surface area contributed by atoms with Crippen LogP contribution in [0.1, 0.15) is 33.4 Å². The fourth-order valence-corrected chi connectivity index (χ4v) is 8.23. The molecular formula is C42H27ClO2. The molecule has 0 bridgehead atoms. The smallest absolute Gasteiger partial charge is 0.143 e. The Labute approximate surface area is 265 Å². The second-order valence-corrected chi connectivity index (χ2v) is 12.4. The van der Waals surface area contributed by atoms with Crippen LogP contribution < -0.4 is 0 Å². The van der Waals surface area contributed by atoms with Gasteiger partial charge in [0.1, 0.15) is 11.2 Å². The molecule has 0 aliphatic heterocycles. The van der Waals surface area contributed by atoms with Gasteiger partial charge in [-0.1, -0.05) is 145 Å². The highest BCUT2D eigenvalue weighted by atomic mass is 35.5. The Morgan fingerprint density at radius 1 is 0.356 bits per heavy atom. The summed E-state index contributed by atoms with van der Waals surface area (Å²) in [7, 11) is 0. The molecule has 0 radical (unpaired) electrons. The van der Waals surface area contributed by atoms with Crippen LogP contribution in [0.5, 0.6) is 0 Å². The van der Waals surface area contributed by atoms with Crippen LogP contribution in [0.3, 0.4) is 0 Å². The Hall–Kier alpha value is -4.99. The molecule has 2 nitrogen and oxygen atoms in total. The molecule has 1 aliphatic carbocycles. The fraction of sp³-hybridized carbons (Fsp3) is 0.0476. The Kier molecular flexibility index (Phi) is 5.58. The van der Waals surface area contributed by atoms with Crippen molar-refractivity contribution >= 4 is 54.7 Å². The number of benzene rings is 8. The summed E-state index contributed by atoms with van der Waals surface area (Å²) in [5, 5.41) is 35.5. The van der Waals surface area contributed by atoms with Crippen LogP contribution in [-0.2, 0) is 11.2 Å². The van der Waals surface area contributed by atoms with Crippen LogP contribution in [0.25, 0.3) is 43.1 Å². The van der Waals surface area contributed by atoms with E-state index in [4.69, 9.17) is 11.6 Å². The van der Waals surface area contributed by atoms with Crippen LogP contribution in [0, 0.1) is 0 Å². The number of hydrogen-bond acceptors (Lipinski definition) is 2. The van der Waals surface area contributed by atoms with Gasteiger partial charge >= 0.3 is 0 Å². The first kappa shape index (κ1) is 26.4. The highest BCUT2D eigenvalue weighted by Crippen LogP contribution is 2.58. The highest BCUT2D eigenvalue weighted by molar-refractivity contribution is 6.32. The van der Waals surface area contributed by atoms with Gasteiger partial charge in [0.05, 0.1) is 0 Å². The van der Waals surface area contributed by atoms with Crippen molar-refractivity contribution in [2.75, 3.05) is 0 Å². The molecular weight excluding hydrogens is 572 g/mol. The standard InChI is InChI=1S/C42H27ClO2/c43-37-23-11-22-36-40(37)42(45,39-32-18-7-3-14-28(32)25-29-15-4-8-19-33(29)39)35-21-10-9-20-34(35)41(36,44)38-30-16-5-1-12-26(30)24-27-13-2-6-17-31(27)38/h1-25,44-45H. The van der Waals surface area contributed by atoms with Crippen LogP contribution in [-0.4, -0.2) is 10.2 Å². The van der Waals surface area contributed by atoms with E-state index in [0.717, 1.165) is 54.2 Å². The van der Waals surface area contributed by atoms with Crippen molar-refractivity contribution in [3.63, 3.8) is 0 Å². The van der Waals surface area contributed by atoms with Gasteiger partial charge in [-0.25, -0.2) is 0 Å². The van der Waals surface area contributed by atoms with Crippen LogP contribution in [0.2, 0.25) is 5.02 Å². The summed E-state index contributed by atoms with van der Waals surface area (Å²) in [5.41, 5.74) is 0.495. The zero-order valence-electron chi connectivity index (χ0n) is 24.2. The maximum absolute atomic E-state index is 13.6. The third-order valence-corrected chi connectivity index (χ3v) is 10.1. The van der Waals surface area contributed by atoms with Crippen molar-refractivity contribution in [1.82, 2.24) is 0 Å². The van der Waals surface area contributed by atoms with E-state index in [9.17, 15) is 10.2 Å². The molecule has 0 aromatic heterocycles. The molecule has 3 heteroatoms. The van der Waals surface area contributed by atoms with Gasteiger partial charge in [0.2, 0.25) is 0 Å². The van der Waals surface area contributed by atoms with Crippen LogP contribution in [0.15, 0.2) is 152 Å². The molecule has 0 saturated heterocycles. The lowest BCUT2D eigenvalue weighted by Gasteiger charge is -2.46. The van der Waals surface area contributed by atoms with Gasteiger partial charge in [-0.3, -0.25) is 0 Å². The van der Waals surface area contributed by atoms with E-state index in [0.29, 0.717) is 27.3 Å². The Bertz CT molecular complexity index is 2390.